The summed E-state index contributed by atoms with van der Waals surface area (Å²) in [6.07, 6.45) is -9.21. The average Bonchev–Trinajstić information content (AvgIpc) is 3.72. The first-order chi connectivity index (χ1) is 21.3. The summed E-state index contributed by atoms with van der Waals surface area (Å²) in [6.45, 7) is -1.65. The summed E-state index contributed by atoms with van der Waals surface area (Å²) >= 11 is 0. The Bertz CT molecular complexity index is 1940. The van der Waals surface area contributed by atoms with Crippen LogP contribution in [0.25, 0.3) is 22.3 Å². The van der Waals surface area contributed by atoms with E-state index >= 15 is 0 Å². The molecule has 25 heteroatoms. The zero-order valence-corrected chi connectivity index (χ0v) is 24.2. The number of aromatic nitrogens is 8. The number of H-pyrrole nitrogens is 1. The third kappa shape index (κ3) is 5.31. The Hall–Kier alpha value is -3.44. The number of anilines is 2. The van der Waals surface area contributed by atoms with Crippen molar-refractivity contribution in [3.05, 3.63) is 29.3 Å². The van der Waals surface area contributed by atoms with E-state index in [4.69, 9.17) is 39.0 Å². The van der Waals surface area contributed by atoms with Crippen molar-refractivity contribution < 1.29 is 56.7 Å². The molecule has 0 spiro atoms. The molecule has 45 heavy (non-hydrogen) atoms. The SMILES string of the molecule is Nc1nc2c(ncn2[C@@H]2O[C@H]3COP(=O)(O)O[C@H]4[C@@H](O)[C@H](n5cnc6c(N)ncnc65)O[C@@H]4COP(=O)(O)O[C@@H]2[C@@H]3O)c(=O)[nH]1. The Kier molecular flexibility index (Phi) is 7.27. The van der Waals surface area contributed by atoms with E-state index in [9.17, 15) is 33.9 Å². The van der Waals surface area contributed by atoms with E-state index in [1.165, 1.54) is 10.9 Å². The van der Waals surface area contributed by atoms with Gasteiger partial charge in [0, 0.05) is 0 Å². The van der Waals surface area contributed by atoms with Crippen molar-refractivity contribution in [1.82, 2.24) is 39.0 Å². The molecule has 0 saturated carbocycles. The third-order valence-corrected chi connectivity index (χ3v) is 9.29. The number of imidazole rings is 2. The van der Waals surface area contributed by atoms with Crippen LogP contribution in [0.3, 0.4) is 0 Å². The molecule has 0 aliphatic carbocycles. The standard InChI is InChI=1S/C20H24N10O13P2/c21-14-8-15(24-3-23-14)29(4-25-8)18-11(32)12-7(41-18)2-39-45(36,37)43-13-10(31)6(1-38-44(34,35)42-12)40-19(13)30-5-26-9-16(30)27-20(22)28-17(9)33/h3-7,10-13,18-19,31-32H,1-2H2,(H,34,35)(H,36,37)(H2,21,23,24)(H3,22,27,28,33)/t6-,7+,10+,11+,12+,13+,18+,19+/m0/s1. The lowest BCUT2D eigenvalue weighted by Gasteiger charge is -2.25. The zero-order valence-electron chi connectivity index (χ0n) is 22.4. The van der Waals surface area contributed by atoms with Crippen molar-refractivity contribution in [2.24, 2.45) is 0 Å². The van der Waals surface area contributed by atoms with E-state index in [-0.39, 0.29) is 34.1 Å². The number of nitrogens with one attached hydrogen (secondary N) is 1. The maximum Gasteiger partial charge on any atom is 0.472 e. The summed E-state index contributed by atoms with van der Waals surface area (Å²) in [5.41, 5.74) is 10.8. The molecule has 3 saturated heterocycles. The summed E-state index contributed by atoms with van der Waals surface area (Å²) in [5.74, 6) is -0.250. The monoisotopic (exact) mass is 674 g/mol. The average molecular weight is 674 g/mol. The molecule has 9 N–H and O–H groups in total. The molecule has 4 aromatic rings. The minimum atomic E-state index is -5.11. The van der Waals surface area contributed by atoms with E-state index in [1.54, 1.807) is 0 Å². The first-order valence-electron chi connectivity index (χ1n) is 13.0. The van der Waals surface area contributed by atoms with E-state index in [0.717, 1.165) is 17.2 Å². The van der Waals surface area contributed by atoms with Crippen molar-refractivity contribution >= 4 is 49.7 Å². The number of phosphoric acid groups is 2. The van der Waals surface area contributed by atoms with Crippen LogP contribution in [0.15, 0.2) is 23.8 Å². The number of hydrogen-bond acceptors (Lipinski definition) is 18. The largest absolute Gasteiger partial charge is 0.472 e. The Balaban J connectivity index is 1.21. The van der Waals surface area contributed by atoms with Crippen LogP contribution >= 0.6 is 15.6 Å². The van der Waals surface area contributed by atoms with Crippen molar-refractivity contribution in [3.63, 3.8) is 0 Å². The highest BCUT2D eigenvalue weighted by Crippen LogP contribution is 2.53. The number of phosphoric ester groups is 2. The molecule has 2 bridgehead atoms. The van der Waals surface area contributed by atoms with Gasteiger partial charge < -0.3 is 40.9 Å². The number of nitrogens with zero attached hydrogens (tertiary/aromatic N) is 7. The van der Waals surface area contributed by atoms with Gasteiger partial charge in [0.15, 0.2) is 35.1 Å². The third-order valence-electron chi connectivity index (χ3n) is 7.32. The smallest absolute Gasteiger partial charge is 0.387 e. The summed E-state index contributed by atoms with van der Waals surface area (Å²) in [4.78, 5) is 55.8. The lowest BCUT2D eigenvalue weighted by atomic mass is 10.1. The molecule has 3 aliphatic rings. The second-order valence-electron chi connectivity index (χ2n) is 10.1. The first-order valence-corrected chi connectivity index (χ1v) is 15.9. The van der Waals surface area contributed by atoms with Gasteiger partial charge in [-0.05, 0) is 0 Å². The van der Waals surface area contributed by atoms with Gasteiger partial charge in [0.1, 0.15) is 48.5 Å². The Morgan fingerprint density at radius 1 is 0.822 bits per heavy atom. The van der Waals surface area contributed by atoms with Gasteiger partial charge in [0.2, 0.25) is 5.95 Å². The van der Waals surface area contributed by atoms with Crippen LogP contribution in [0, 0.1) is 0 Å². The molecule has 23 nitrogen and oxygen atoms in total. The van der Waals surface area contributed by atoms with Crippen molar-refractivity contribution in [3.8, 4) is 0 Å². The lowest BCUT2D eigenvalue weighted by Crippen LogP contribution is -2.36. The van der Waals surface area contributed by atoms with Crippen molar-refractivity contribution in [2.75, 3.05) is 24.7 Å². The van der Waals surface area contributed by atoms with Gasteiger partial charge in [-0.15, -0.1) is 0 Å². The minimum Gasteiger partial charge on any atom is -0.387 e. The lowest BCUT2D eigenvalue weighted by molar-refractivity contribution is -0.0672. The van der Waals surface area contributed by atoms with E-state index in [1.807, 2.05) is 0 Å². The molecule has 0 aromatic carbocycles. The second-order valence-corrected chi connectivity index (χ2v) is 13.0. The van der Waals surface area contributed by atoms with Crippen LogP contribution in [-0.2, 0) is 36.7 Å². The predicted molar refractivity (Wildman–Crippen MR) is 143 cm³/mol. The highest BCUT2D eigenvalue weighted by Gasteiger charge is 2.54. The molecule has 4 aromatic heterocycles. The van der Waals surface area contributed by atoms with Gasteiger partial charge in [-0.25, -0.2) is 29.1 Å². The molecule has 10 atom stereocenters. The predicted octanol–water partition coefficient (Wildman–Crippen LogP) is -2.34. The minimum absolute atomic E-state index is 0.0343. The Morgan fingerprint density at radius 3 is 2.18 bits per heavy atom. The van der Waals surface area contributed by atoms with Gasteiger partial charge in [-0.1, -0.05) is 0 Å². The van der Waals surface area contributed by atoms with Gasteiger partial charge >= 0.3 is 15.6 Å². The molecule has 3 fully saturated rings. The summed E-state index contributed by atoms with van der Waals surface area (Å²) in [6, 6.07) is 0. The molecule has 7 heterocycles. The zero-order chi connectivity index (χ0) is 31.8. The van der Waals surface area contributed by atoms with Crippen LogP contribution in [-0.4, -0.2) is 109 Å². The van der Waals surface area contributed by atoms with Gasteiger partial charge in [-0.3, -0.25) is 37.0 Å². The van der Waals surface area contributed by atoms with Crippen LogP contribution in [0.1, 0.15) is 12.5 Å². The fraction of sp³-hybridized carbons (Fsp3) is 0.500. The summed E-state index contributed by atoms with van der Waals surface area (Å²) in [7, 11) is -10.2. The molecule has 7 rings (SSSR count). The topological polar surface area (TPSA) is 330 Å². The van der Waals surface area contributed by atoms with Crippen molar-refractivity contribution in [1.29, 1.82) is 0 Å². The number of aliphatic hydroxyl groups is 2. The van der Waals surface area contributed by atoms with Crippen LogP contribution in [0.2, 0.25) is 0 Å². The van der Waals surface area contributed by atoms with E-state index in [2.05, 4.69) is 29.9 Å². The number of aromatic amines is 1. The highest BCUT2D eigenvalue weighted by atomic mass is 31.2. The number of rotatable bonds is 2. The molecule has 242 valence electrons. The quantitative estimate of drug-likeness (QED) is 0.109. The number of nitrogens with two attached hydrogens (primary N) is 2. The number of aliphatic hydroxyl groups excluding tert-OH is 2. The number of fused-ring (bicyclic) bond motifs is 5. The van der Waals surface area contributed by atoms with Gasteiger partial charge in [0.25, 0.3) is 5.56 Å². The number of ether oxygens (including phenoxy) is 2. The summed E-state index contributed by atoms with van der Waals surface area (Å²) in [5, 5.41) is 22.1. The fourth-order valence-corrected chi connectivity index (χ4v) is 7.19. The molecule has 3 aliphatic heterocycles. The maximum atomic E-state index is 13.2. The maximum absolute atomic E-state index is 13.2. The highest BCUT2D eigenvalue weighted by molar-refractivity contribution is 7.47. The molecular formula is C20H24N10O13P2. The normalized spacial score (nSPS) is 37.7. The summed E-state index contributed by atoms with van der Waals surface area (Å²) < 4.78 is 61.0. The van der Waals surface area contributed by atoms with Crippen LogP contribution in [0.5, 0.6) is 0 Å². The molecule has 0 radical (unpaired) electrons. The Morgan fingerprint density at radius 2 is 1.44 bits per heavy atom. The molecular weight excluding hydrogens is 650 g/mol. The van der Waals surface area contributed by atoms with E-state index < -0.39 is 83.5 Å². The molecule has 2 unspecified atom stereocenters. The fourth-order valence-electron chi connectivity index (χ4n) is 5.30. The second kappa shape index (κ2) is 10.8. The Labute approximate surface area is 248 Å². The first kappa shape index (κ1) is 30.2. The van der Waals surface area contributed by atoms with Gasteiger partial charge in [-0.2, -0.15) is 4.98 Å². The van der Waals surface area contributed by atoms with E-state index in [0.29, 0.717) is 0 Å². The van der Waals surface area contributed by atoms with Crippen LogP contribution < -0.4 is 17.0 Å². The van der Waals surface area contributed by atoms with Gasteiger partial charge in [0.05, 0.1) is 25.9 Å². The number of hydrogen-bond donors (Lipinski definition) is 7. The van der Waals surface area contributed by atoms with Crippen molar-refractivity contribution in [2.45, 2.75) is 49.1 Å². The van der Waals surface area contributed by atoms with Crippen LogP contribution in [0.4, 0.5) is 11.8 Å². The molecule has 0 amide bonds. The number of nitrogen functional groups attached to an aromatic ring is 2.